The van der Waals surface area contributed by atoms with Crippen molar-refractivity contribution in [2.45, 2.75) is 39.5 Å². The van der Waals surface area contributed by atoms with Gasteiger partial charge in [0.25, 0.3) is 0 Å². The Hall–Kier alpha value is -1.77. The molecule has 1 heterocycles. The first-order valence-corrected chi connectivity index (χ1v) is 6.38. The van der Waals surface area contributed by atoms with Crippen LogP contribution in [-0.4, -0.2) is 11.4 Å². The summed E-state index contributed by atoms with van der Waals surface area (Å²) in [4.78, 5) is 10.4. The summed E-state index contributed by atoms with van der Waals surface area (Å²) in [5.41, 5.74) is 0.608. The average Bonchev–Trinajstić information content (AvgIpc) is 2.87. The molecule has 0 unspecified atom stereocenters. The summed E-state index contributed by atoms with van der Waals surface area (Å²) in [6.07, 6.45) is 7.60. The molecule has 0 aliphatic heterocycles. The van der Waals surface area contributed by atoms with E-state index in [1.807, 2.05) is 0 Å². The second-order valence-electron chi connectivity index (χ2n) is 4.17. The van der Waals surface area contributed by atoms with Gasteiger partial charge in [-0.05, 0) is 12.1 Å². The van der Waals surface area contributed by atoms with Crippen molar-refractivity contribution >= 4 is 17.3 Å². The van der Waals surface area contributed by atoms with Gasteiger partial charge >= 0.3 is 0 Å². The summed E-state index contributed by atoms with van der Waals surface area (Å²) in [6.45, 7) is 4.46. The molecule has 0 radical (unpaired) electrons. The van der Waals surface area contributed by atoms with Crippen LogP contribution < -0.4 is 0 Å². The molecule has 1 aromatic heterocycles. The number of hydrogen-bond donors (Lipinski definition) is 1. The molecule has 0 fully saturated rings. The number of aldehydes is 1. The van der Waals surface area contributed by atoms with Crippen molar-refractivity contribution in [3.63, 3.8) is 0 Å². The van der Waals surface area contributed by atoms with Crippen LogP contribution in [0, 0.1) is 0 Å². The van der Waals surface area contributed by atoms with Gasteiger partial charge in [-0.3, -0.25) is 4.79 Å². The molecule has 1 aromatic carbocycles. The Bertz CT molecular complexity index is 481. The molecule has 0 atom stereocenters. The van der Waals surface area contributed by atoms with Crippen molar-refractivity contribution in [3.05, 3.63) is 30.0 Å². The first kappa shape index (κ1) is 14.3. The van der Waals surface area contributed by atoms with Gasteiger partial charge in [0.1, 0.15) is 0 Å². The van der Waals surface area contributed by atoms with Gasteiger partial charge in [0.15, 0.2) is 17.6 Å². The number of carbonyl (C=O) groups is 1. The van der Waals surface area contributed by atoms with Gasteiger partial charge in [0, 0.05) is 5.39 Å². The van der Waals surface area contributed by atoms with Crippen LogP contribution in [0.4, 0.5) is 0 Å². The fraction of sp³-hybridized carbons (Fsp3) is 0.400. The summed E-state index contributed by atoms with van der Waals surface area (Å²) < 4.78 is 4.98. The van der Waals surface area contributed by atoms with Crippen molar-refractivity contribution in [2.24, 2.45) is 0 Å². The van der Waals surface area contributed by atoms with Gasteiger partial charge in [-0.1, -0.05) is 45.6 Å². The number of carbonyl (C=O) groups excluding carboxylic acids is 1. The van der Waals surface area contributed by atoms with E-state index in [1.165, 1.54) is 31.9 Å². The molecule has 3 nitrogen and oxygen atoms in total. The quantitative estimate of drug-likeness (QED) is 0.638. The molecule has 1 N–H and O–H groups in total. The van der Waals surface area contributed by atoms with E-state index < -0.39 is 0 Å². The molecular formula is C15H20O3. The van der Waals surface area contributed by atoms with Crippen LogP contribution in [-0.2, 0) is 0 Å². The topological polar surface area (TPSA) is 50.4 Å². The van der Waals surface area contributed by atoms with Crippen molar-refractivity contribution < 1.29 is 14.3 Å². The third kappa shape index (κ3) is 3.62. The van der Waals surface area contributed by atoms with Gasteiger partial charge < -0.3 is 9.52 Å². The van der Waals surface area contributed by atoms with E-state index >= 15 is 0 Å². The maximum absolute atomic E-state index is 10.4. The van der Waals surface area contributed by atoms with Crippen LogP contribution in [0.1, 0.15) is 49.9 Å². The number of aromatic hydroxyl groups is 1. The number of fused-ring (bicyclic) bond motifs is 1. The zero-order valence-corrected chi connectivity index (χ0v) is 11.0. The van der Waals surface area contributed by atoms with Gasteiger partial charge in [-0.15, -0.1) is 0 Å². The minimum atomic E-state index is -0.0903. The Kier molecular flexibility index (Phi) is 5.98. The van der Waals surface area contributed by atoms with Crippen LogP contribution >= 0.6 is 0 Å². The van der Waals surface area contributed by atoms with Crippen molar-refractivity contribution in [3.8, 4) is 5.75 Å². The number of furan rings is 1. The lowest BCUT2D eigenvalue weighted by atomic mass is 10.1. The van der Waals surface area contributed by atoms with E-state index in [-0.39, 0.29) is 11.3 Å². The molecule has 3 heteroatoms. The van der Waals surface area contributed by atoms with E-state index in [0.717, 1.165) is 5.39 Å². The Morgan fingerprint density at radius 1 is 1.17 bits per heavy atom. The van der Waals surface area contributed by atoms with Crippen molar-refractivity contribution in [1.29, 1.82) is 0 Å². The highest BCUT2D eigenvalue weighted by Gasteiger charge is 2.07. The van der Waals surface area contributed by atoms with Crippen molar-refractivity contribution in [1.82, 2.24) is 0 Å². The highest BCUT2D eigenvalue weighted by Crippen LogP contribution is 2.28. The normalized spacial score (nSPS) is 9.89. The van der Waals surface area contributed by atoms with Crippen LogP contribution in [0.15, 0.2) is 28.9 Å². The van der Waals surface area contributed by atoms with E-state index in [1.54, 1.807) is 18.2 Å². The molecule has 2 rings (SSSR count). The molecule has 2 aromatic rings. The second kappa shape index (κ2) is 7.54. The third-order valence-electron chi connectivity index (χ3n) is 2.71. The zero-order valence-electron chi connectivity index (χ0n) is 11.0. The molecule has 18 heavy (non-hydrogen) atoms. The molecule has 0 bridgehead atoms. The number of hydrogen-bond acceptors (Lipinski definition) is 3. The predicted molar refractivity (Wildman–Crippen MR) is 73.1 cm³/mol. The molecule has 0 spiro atoms. The first-order valence-electron chi connectivity index (χ1n) is 6.38. The summed E-state index contributed by atoms with van der Waals surface area (Å²) in [5, 5.41) is 10.2. The van der Waals surface area contributed by atoms with Gasteiger partial charge in [0.05, 0.1) is 11.8 Å². The van der Waals surface area contributed by atoms with Crippen LogP contribution in [0.2, 0.25) is 0 Å². The lowest BCUT2D eigenvalue weighted by Crippen LogP contribution is -1.79. The maximum atomic E-state index is 10.4. The number of benzene rings is 1. The molecule has 0 aliphatic carbocycles. The van der Waals surface area contributed by atoms with Crippen molar-refractivity contribution in [2.75, 3.05) is 0 Å². The lowest BCUT2D eigenvalue weighted by Gasteiger charge is -1.95. The fourth-order valence-corrected chi connectivity index (χ4v) is 1.63. The van der Waals surface area contributed by atoms with Gasteiger partial charge in [-0.25, -0.2) is 0 Å². The highest BCUT2D eigenvalue weighted by atomic mass is 16.3. The lowest BCUT2D eigenvalue weighted by molar-refractivity contribution is 0.112. The SMILES string of the molecule is CCCCCC.O=Cc1ccc2ccoc2c1O. The number of rotatable bonds is 4. The van der Waals surface area contributed by atoms with Crippen LogP contribution in [0.25, 0.3) is 11.0 Å². The monoisotopic (exact) mass is 248 g/mol. The predicted octanol–water partition coefficient (Wildman–Crippen LogP) is 4.54. The number of unbranched alkanes of at least 4 members (excludes halogenated alkanes) is 3. The molecule has 0 amide bonds. The Morgan fingerprint density at radius 3 is 2.39 bits per heavy atom. The third-order valence-corrected chi connectivity index (χ3v) is 2.71. The molecule has 0 aliphatic rings. The van der Waals surface area contributed by atoms with E-state index in [0.29, 0.717) is 11.9 Å². The molecule has 0 saturated heterocycles. The second-order valence-corrected chi connectivity index (χ2v) is 4.17. The maximum Gasteiger partial charge on any atom is 0.176 e. The van der Waals surface area contributed by atoms with E-state index in [9.17, 15) is 9.90 Å². The Labute approximate surface area is 107 Å². The minimum Gasteiger partial charge on any atom is -0.504 e. The van der Waals surface area contributed by atoms with Crippen LogP contribution in [0.5, 0.6) is 5.75 Å². The van der Waals surface area contributed by atoms with Gasteiger partial charge in [0.2, 0.25) is 0 Å². The Balaban J connectivity index is 0.000000232. The minimum absolute atomic E-state index is 0.0903. The highest BCUT2D eigenvalue weighted by molar-refractivity contribution is 5.92. The largest absolute Gasteiger partial charge is 0.504 e. The molecule has 0 saturated carbocycles. The fourth-order valence-electron chi connectivity index (χ4n) is 1.63. The average molecular weight is 248 g/mol. The van der Waals surface area contributed by atoms with Crippen LogP contribution in [0.3, 0.4) is 0 Å². The van der Waals surface area contributed by atoms with Gasteiger partial charge in [-0.2, -0.15) is 0 Å². The standard InChI is InChI=1S/C9H6O3.C6H14/c10-5-7-2-1-6-3-4-12-9(6)8(7)11;1-3-5-6-4-2/h1-5,11H;3-6H2,1-2H3. The number of phenols is 1. The first-order chi connectivity index (χ1) is 8.74. The number of phenolic OH excluding ortho intramolecular Hbond substituents is 1. The van der Waals surface area contributed by atoms with E-state index in [2.05, 4.69) is 13.8 Å². The summed E-state index contributed by atoms with van der Waals surface area (Å²) in [6, 6.07) is 5.01. The zero-order chi connectivity index (χ0) is 13.4. The summed E-state index contributed by atoms with van der Waals surface area (Å²) in [7, 11) is 0. The van der Waals surface area contributed by atoms with E-state index in [4.69, 9.17) is 4.42 Å². The summed E-state index contributed by atoms with van der Waals surface area (Å²) in [5.74, 6) is -0.0903. The molecule has 98 valence electrons. The Morgan fingerprint density at radius 2 is 1.83 bits per heavy atom. The molecular weight excluding hydrogens is 228 g/mol. The summed E-state index contributed by atoms with van der Waals surface area (Å²) >= 11 is 0. The smallest absolute Gasteiger partial charge is 0.176 e.